The first-order valence-electron chi connectivity index (χ1n) is 9.25. The van der Waals surface area contributed by atoms with Crippen molar-refractivity contribution in [3.05, 3.63) is 53.1 Å². The van der Waals surface area contributed by atoms with E-state index in [-0.39, 0.29) is 5.92 Å². The molecule has 0 aliphatic heterocycles. The summed E-state index contributed by atoms with van der Waals surface area (Å²) in [5, 5.41) is 11.4. The summed E-state index contributed by atoms with van der Waals surface area (Å²) in [6.45, 7) is 0. The molecule has 26 heavy (non-hydrogen) atoms. The van der Waals surface area contributed by atoms with E-state index in [1.54, 1.807) is 21.3 Å². The number of aliphatic hydroxyl groups is 1. The number of hydrogen-bond donors (Lipinski definition) is 1. The summed E-state index contributed by atoms with van der Waals surface area (Å²) in [5.74, 6) is 3.29. The van der Waals surface area contributed by atoms with Gasteiger partial charge >= 0.3 is 0 Å². The summed E-state index contributed by atoms with van der Waals surface area (Å²) in [7, 11) is 5.00. The van der Waals surface area contributed by atoms with Gasteiger partial charge in [0.1, 0.15) is 17.2 Å². The normalized spacial score (nSPS) is 26.8. The van der Waals surface area contributed by atoms with E-state index in [9.17, 15) is 5.11 Å². The van der Waals surface area contributed by atoms with Gasteiger partial charge in [-0.3, -0.25) is 0 Å². The van der Waals surface area contributed by atoms with Crippen LogP contribution in [0.25, 0.3) is 0 Å². The molecule has 0 amide bonds. The number of methoxy groups -OCH3 is 3. The standard InChI is InChI=1S/C22H26O4/c1-24-14-9-7-13(8-10-14)20-17-6-4-5-16(17)18-11-15(25-2)12-19(26-3)21(18)22(20)23/h7-12,16-17,20,22-23H,4-6H2,1-3H3/t16-,17+,20?,22?/m1/s1. The Bertz CT molecular complexity index is 783. The Morgan fingerprint density at radius 2 is 1.62 bits per heavy atom. The number of hydrogen-bond acceptors (Lipinski definition) is 4. The van der Waals surface area contributed by atoms with Crippen molar-refractivity contribution in [2.24, 2.45) is 5.92 Å². The highest BCUT2D eigenvalue weighted by molar-refractivity contribution is 5.53. The van der Waals surface area contributed by atoms with Gasteiger partial charge in [-0.05, 0) is 54.0 Å². The Labute approximate surface area is 154 Å². The molecular formula is C22H26O4. The molecule has 4 heteroatoms. The van der Waals surface area contributed by atoms with E-state index in [1.807, 2.05) is 18.2 Å². The van der Waals surface area contributed by atoms with Crippen LogP contribution in [-0.4, -0.2) is 26.4 Å². The number of ether oxygens (including phenoxy) is 3. The van der Waals surface area contributed by atoms with Crippen LogP contribution in [-0.2, 0) is 0 Å². The summed E-state index contributed by atoms with van der Waals surface area (Å²) >= 11 is 0. The zero-order valence-corrected chi connectivity index (χ0v) is 15.6. The second-order valence-corrected chi connectivity index (χ2v) is 7.28. The Morgan fingerprint density at radius 3 is 2.27 bits per heavy atom. The highest BCUT2D eigenvalue weighted by Gasteiger charge is 2.46. The van der Waals surface area contributed by atoms with Gasteiger partial charge in [-0.2, -0.15) is 0 Å². The maximum Gasteiger partial charge on any atom is 0.128 e. The maximum atomic E-state index is 11.4. The van der Waals surface area contributed by atoms with Crippen molar-refractivity contribution in [3.63, 3.8) is 0 Å². The lowest BCUT2D eigenvalue weighted by molar-refractivity contribution is 0.0940. The fourth-order valence-electron chi connectivity index (χ4n) is 5.01. The minimum atomic E-state index is -0.585. The first-order valence-corrected chi connectivity index (χ1v) is 9.25. The van der Waals surface area contributed by atoms with Crippen molar-refractivity contribution in [1.29, 1.82) is 0 Å². The van der Waals surface area contributed by atoms with Crippen molar-refractivity contribution < 1.29 is 19.3 Å². The lowest BCUT2D eigenvalue weighted by Gasteiger charge is -2.40. The molecule has 2 aliphatic carbocycles. The van der Waals surface area contributed by atoms with E-state index in [2.05, 4.69) is 18.2 Å². The van der Waals surface area contributed by atoms with Gasteiger partial charge in [0.05, 0.1) is 27.4 Å². The van der Waals surface area contributed by atoms with Gasteiger partial charge in [-0.25, -0.2) is 0 Å². The third-order valence-corrected chi connectivity index (χ3v) is 6.17. The molecule has 2 aromatic carbocycles. The van der Waals surface area contributed by atoms with Gasteiger partial charge in [0, 0.05) is 17.5 Å². The first kappa shape index (κ1) is 17.2. The van der Waals surface area contributed by atoms with E-state index < -0.39 is 6.10 Å². The van der Waals surface area contributed by atoms with Gasteiger partial charge in [0.25, 0.3) is 0 Å². The predicted molar refractivity (Wildman–Crippen MR) is 100 cm³/mol. The SMILES string of the molecule is COc1ccc(C2C(O)c3c(OC)cc(OC)cc3[C@@H]3CCC[C@H]23)cc1. The highest BCUT2D eigenvalue weighted by Crippen LogP contribution is 2.59. The number of rotatable bonds is 4. The minimum absolute atomic E-state index is 0.0724. The van der Waals surface area contributed by atoms with Gasteiger partial charge in [-0.15, -0.1) is 0 Å². The van der Waals surface area contributed by atoms with Crippen LogP contribution in [0.5, 0.6) is 17.2 Å². The van der Waals surface area contributed by atoms with Crippen molar-refractivity contribution >= 4 is 0 Å². The molecule has 0 aromatic heterocycles. The van der Waals surface area contributed by atoms with Crippen LogP contribution in [0.3, 0.4) is 0 Å². The topological polar surface area (TPSA) is 47.9 Å². The van der Waals surface area contributed by atoms with Gasteiger partial charge in [0.15, 0.2) is 0 Å². The van der Waals surface area contributed by atoms with Gasteiger partial charge in [-0.1, -0.05) is 18.6 Å². The summed E-state index contributed by atoms with van der Waals surface area (Å²) in [6.07, 6.45) is 2.89. The number of fused-ring (bicyclic) bond motifs is 3. The van der Waals surface area contributed by atoms with Crippen LogP contribution in [0.1, 0.15) is 53.9 Å². The van der Waals surface area contributed by atoms with Crippen molar-refractivity contribution in [1.82, 2.24) is 0 Å². The zero-order chi connectivity index (χ0) is 18.3. The van der Waals surface area contributed by atoms with E-state index in [0.29, 0.717) is 11.8 Å². The molecule has 138 valence electrons. The summed E-state index contributed by atoms with van der Waals surface area (Å²) in [6, 6.07) is 12.1. The second kappa shape index (κ2) is 6.84. The molecule has 1 fully saturated rings. The van der Waals surface area contributed by atoms with E-state index in [0.717, 1.165) is 35.7 Å². The maximum absolute atomic E-state index is 11.4. The van der Waals surface area contributed by atoms with Crippen LogP contribution >= 0.6 is 0 Å². The van der Waals surface area contributed by atoms with Crippen LogP contribution in [0.2, 0.25) is 0 Å². The van der Waals surface area contributed by atoms with Gasteiger partial charge < -0.3 is 19.3 Å². The summed E-state index contributed by atoms with van der Waals surface area (Å²) in [5.41, 5.74) is 3.29. The fraction of sp³-hybridized carbons (Fsp3) is 0.455. The molecule has 4 nitrogen and oxygen atoms in total. The molecule has 1 N–H and O–H groups in total. The molecule has 2 unspecified atom stereocenters. The van der Waals surface area contributed by atoms with Crippen LogP contribution in [0.4, 0.5) is 0 Å². The Morgan fingerprint density at radius 1 is 0.885 bits per heavy atom. The van der Waals surface area contributed by atoms with Crippen LogP contribution in [0, 0.1) is 5.92 Å². The Balaban J connectivity index is 1.84. The molecule has 0 heterocycles. The molecule has 4 atom stereocenters. The van der Waals surface area contributed by atoms with Crippen LogP contribution in [0.15, 0.2) is 36.4 Å². The summed E-state index contributed by atoms with van der Waals surface area (Å²) < 4.78 is 16.4. The molecule has 2 aromatic rings. The third-order valence-electron chi connectivity index (χ3n) is 6.17. The van der Waals surface area contributed by atoms with E-state index in [1.165, 1.54) is 17.5 Å². The molecule has 4 rings (SSSR count). The zero-order valence-electron chi connectivity index (χ0n) is 15.6. The minimum Gasteiger partial charge on any atom is -0.497 e. The third kappa shape index (κ3) is 2.64. The smallest absolute Gasteiger partial charge is 0.128 e. The molecule has 0 bridgehead atoms. The predicted octanol–water partition coefficient (Wildman–Crippen LogP) is 4.43. The lowest BCUT2D eigenvalue weighted by Crippen LogP contribution is -2.29. The average Bonchev–Trinajstić information content (AvgIpc) is 3.17. The average molecular weight is 354 g/mol. The molecule has 0 spiro atoms. The molecule has 0 saturated heterocycles. The molecule has 2 aliphatic rings. The lowest BCUT2D eigenvalue weighted by atomic mass is 9.66. The van der Waals surface area contributed by atoms with E-state index in [4.69, 9.17) is 14.2 Å². The van der Waals surface area contributed by atoms with Crippen molar-refractivity contribution in [3.8, 4) is 17.2 Å². The first-order chi connectivity index (χ1) is 12.7. The molecule has 1 saturated carbocycles. The number of aliphatic hydroxyl groups excluding tert-OH is 1. The molecular weight excluding hydrogens is 328 g/mol. The molecule has 0 radical (unpaired) electrons. The van der Waals surface area contributed by atoms with E-state index >= 15 is 0 Å². The highest BCUT2D eigenvalue weighted by atomic mass is 16.5. The Kier molecular flexibility index (Phi) is 4.53. The van der Waals surface area contributed by atoms with Gasteiger partial charge in [0.2, 0.25) is 0 Å². The second-order valence-electron chi connectivity index (χ2n) is 7.28. The van der Waals surface area contributed by atoms with Crippen molar-refractivity contribution in [2.75, 3.05) is 21.3 Å². The Hall–Kier alpha value is -2.20. The van der Waals surface area contributed by atoms with Crippen molar-refractivity contribution in [2.45, 2.75) is 37.2 Å². The quantitative estimate of drug-likeness (QED) is 0.882. The largest absolute Gasteiger partial charge is 0.497 e. The fourth-order valence-corrected chi connectivity index (χ4v) is 5.01. The monoisotopic (exact) mass is 354 g/mol. The number of benzene rings is 2. The summed E-state index contributed by atoms with van der Waals surface area (Å²) in [4.78, 5) is 0. The van der Waals surface area contributed by atoms with Crippen LogP contribution < -0.4 is 14.2 Å².